The SMILES string of the molecule is Cn1ccc2cc(C3(N)N=C(NCc4ccccn4)C=CN3)ccc21. The standard InChI is InChI=1S/C19H20N6/c1-25-11-8-14-12-15(5-6-17(14)25)19(20)23-10-7-18(24-19)22-13-16-4-2-3-9-21-16/h2-12,23H,13,20H2,1H3,(H,22,24). The van der Waals surface area contributed by atoms with Gasteiger partial charge in [-0.15, -0.1) is 0 Å². The monoisotopic (exact) mass is 332 g/mol. The van der Waals surface area contributed by atoms with E-state index in [1.807, 2.05) is 49.8 Å². The number of nitrogens with zero attached hydrogens (tertiary/aromatic N) is 3. The van der Waals surface area contributed by atoms with E-state index in [2.05, 4.69) is 43.4 Å². The third-order valence-electron chi connectivity index (χ3n) is 4.34. The molecular weight excluding hydrogens is 312 g/mol. The molecule has 0 spiro atoms. The van der Waals surface area contributed by atoms with E-state index >= 15 is 0 Å². The van der Waals surface area contributed by atoms with Crippen molar-refractivity contribution in [2.45, 2.75) is 12.3 Å². The molecule has 1 aromatic carbocycles. The normalized spacial score (nSPS) is 19.5. The van der Waals surface area contributed by atoms with E-state index < -0.39 is 5.79 Å². The zero-order valence-electron chi connectivity index (χ0n) is 14.0. The number of nitrogens with two attached hydrogens (primary N) is 1. The van der Waals surface area contributed by atoms with Crippen LogP contribution in [0.5, 0.6) is 0 Å². The van der Waals surface area contributed by atoms with Gasteiger partial charge in [-0.05, 0) is 36.4 Å². The second-order valence-electron chi connectivity index (χ2n) is 6.12. The minimum Gasteiger partial charge on any atom is -0.365 e. The Morgan fingerprint density at radius 3 is 3.00 bits per heavy atom. The van der Waals surface area contributed by atoms with Crippen molar-refractivity contribution in [3.05, 3.63) is 78.4 Å². The summed E-state index contributed by atoms with van der Waals surface area (Å²) in [6, 6.07) is 14.1. The van der Waals surface area contributed by atoms with Crippen LogP contribution in [0, 0.1) is 0 Å². The predicted octanol–water partition coefficient (Wildman–Crippen LogP) is 1.95. The summed E-state index contributed by atoms with van der Waals surface area (Å²) < 4.78 is 2.08. The number of rotatable bonds is 3. The third-order valence-corrected chi connectivity index (χ3v) is 4.34. The molecule has 3 heterocycles. The number of hydrogen-bond donors (Lipinski definition) is 3. The van der Waals surface area contributed by atoms with Crippen LogP contribution in [0.2, 0.25) is 0 Å². The smallest absolute Gasteiger partial charge is 0.211 e. The summed E-state index contributed by atoms with van der Waals surface area (Å²) in [5.74, 6) is -0.273. The van der Waals surface area contributed by atoms with Crippen molar-refractivity contribution in [3.8, 4) is 0 Å². The van der Waals surface area contributed by atoms with E-state index in [9.17, 15) is 0 Å². The fraction of sp³-hybridized carbons (Fsp3) is 0.158. The maximum Gasteiger partial charge on any atom is 0.211 e. The van der Waals surface area contributed by atoms with Crippen molar-refractivity contribution in [1.82, 2.24) is 20.2 Å². The Kier molecular flexibility index (Phi) is 3.74. The number of aliphatic imine (C=N–C) groups is 1. The van der Waals surface area contributed by atoms with Crippen LogP contribution in [-0.4, -0.2) is 15.4 Å². The highest BCUT2D eigenvalue weighted by molar-refractivity contribution is 5.94. The van der Waals surface area contributed by atoms with Gasteiger partial charge in [-0.1, -0.05) is 12.1 Å². The molecule has 0 fully saturated rings. The van der Waals surface area contributed by atoms with E-state index in [-0.39, 0.29) is 0 Å². The lowest BCUT2D eigenvalue weighted by molar-refractivity contribution is 0.408. The molecule has 6 heteroatoms. The maximum atomic E-state index is 6.53. The van der Waals surface area contributed by atoms with Crippen LogP contribution in [0.4, 0.5) is 0 Å². The first-order chi connectivity index (χ1) is 12.1. The number of fused-ring (bicyclic) bond motifs is 1. The Balaban J connectivity index is 1.59. The van der Waals surface area contributed by atoms with Gasteiger partial charge in [-0.2, -0.15) is 0 Å². The van der Waals surface area contributed by atoms with Crippen LogP contribution in [0.15, 0.2) is 72.1 Å². The second kappa shape index (κ2) is 6.07. The van der Waals surface area contributed by atoms with Crippen molar-refractivity contribution in [2.24, 2.45) is 17.8 Å². The topological polar surface area (TPSA) is 80.3 Å². The first-order valence-corrected chi connectivity index (χ1v) is 8.16. The van der Waals surface area contributed by atoms with Gasteiger partial charge >= 0.3 is 0 Å². The fourth-order valence-electron chi connectivity index (χ4n) is 2.96. The summed E-state index contributed by atoms with van der Waals surface area (Å²) in [6.07, 6.45) is 7.51. The number of amidine groups is 1. The average molecular weight is 332 g/mol. The van der Waals surface area contributed by atoms with Gasteiger partial charge in [0.25, 0.3) is 0 Å². The molecule has 6 nitrogen and oxygen atoms in total. The van der Waals surface area contributed by atoms with Crippen LogP contribution in [-0.2, 0) is 19.4 Å². The summed E-state index contributed by atoms with van der Waals surface area (Å²) in [5, 5.41) is 7.58. The molecular formula is C19H20N6. The summed E-state index contributed by atoms with van der Waals surface area (Å²) in [4.78, 5) is 8.97. The van der Waals surface area contributed by atoms with E-state index in [0.29, 0.717) is 6.54 Å². The van der Waals surface area contributed by atoms with E-state index in [1.165, 1.54) is 0 Å². The highest BCUT2D eigenvalue weighted by atomic mass is 15.3. The Morgan fingerprint density at radius 1 is 1.24 bits per heavy atom. The third kappa shape index (κ3) is 2.99. The molecule has 0 bridgehead atoms. The largest absolute Gasteiger partial charge is 0.365 e. The van der Waals surface area contributed by atoms with Crippen molar-refractivity contribution in [2.75, 3.05) is 0 Å². The van der Waals surface area contributed by atoms with Crippen LogP contribution in [0.1, 0.15) is 11.3 Å². The molecule has 25 heavy (non-hydrogen) atoms. The van der Waals surface area contributed by atoms with Crippen molar-refractivity contribution >= 4 is 16.7 Å². The van der Waals surface area contributed by atoms with Gasteiger partial charge in [0.05, 0.1) is 12.2 Å². The lowest BCUT2D eigenvalue weighted by Crippen LogP contribution is -2.50. The van der Waals surface area contributed by atoms with Crippen molar-refractivity contribution in [3.63, 3.8) is 0 Å². The van der Waals surface area contributed by atoms with Gasteiger partial charge in [-0.25, -0.2) is 4.99 Å². The molecule has 3 aromatic rings. The Labute approximate surface area is 146 Å². The molecule has 126 valence electrons. The molecule has 0 amide bonds. The number of aromatic nitrogens is 2. The van der Waals surface area contributed by atoms with Crippen molar-refractivity contribution in [1.29, 1.82) is 0 Å². The average Bonchev–Trinajstić information content (AvgIpc) is 3.02. The highest BCUT2D eigenvalue weighted by Crippen LogP contribution is 2.24. The van der Waals surface area contributed by atoms with Crippen LogP contribution in [0.25, 0.3) is 10.9 Å². The highest BCUT2D eigenvalue weighted by Gasteiger charge is 2.28. The van der Waals surface area contributed by atoms with Gasteiger partial charge in [0.15, 0.2) is 0 Å². The molecule has 2 aromatic heterocycles. The van der Waals surface area contributed by atoms with Crippen LogP contribution < -0.4 is 16.4 Å². The van der Waals surface area contributed by atoms with Crippen LogP contribution in [0.3, 0.4) is 0 Å². The zero-order chi connectivity index (χ0) is 17.3. The van der Waals surface area contributed by atoms with Gasteiger partial charge in [0.2, 0.25) is 5.79 Å². The van der Waals surface area contributed by atoms with Gasteiger partial charge in [0.1, 0.15) is 5.84 Å². The molecule has 1 atom stereocenters. The van der Waals surface area contributed by atoms with E-state index in [1.54, 1.807) is 6.20 Å². The molecule has 0 saturated carbocycles. The van der Waals surface area contributed by atoms with Crippen LogP contribution >= 0.6 is 0 Å². The van der Waals surface area contributed by atoms with Gasteiger partial charge in [0, 0.05) is 42.1 Å². The lowest BCUT2D eigenvalue weighted by atomic mass is 10.1. The van der Waals surface area contributed by atoms with Gasteiger partial charge in [-0.3, -0.25) is 10.7 Å². The minimum absolute atomic E-state index is 0.595. The first-order valence-electron chi connectivity index (χ1n) is 8.16. The number of pyridine rings is 1. The number of benzene rings is 1. The molecule has 0 saturated heterocycles. The Bertz CT molecular complexity index is 956. The molecule has 1 aliphatic heterocycles. The Hall–Kier alpha value is -3.12. The summed E-state index contributed by atoms with van der Waals surface area (Å²) in [7, 11) is 2.03. The van der Waals surface area contributed by atoms with Crippen molar-refractivity contribution < 1.29 is 0 Å². The zero-order valence-corrected chi connectivity index (χ0v) is 14.0. The summed E-state index contributed by atoms with van der Waals surface area (Å²) >= 11 is 0. The molecule has 1 aliphatic rings. The molecule has 0 radical (unpaired) electrons. The molecule has 4 N–H and O–H groups in total. The summed E-state index contributed by atoms with van der Waals surface area (Å²) in [5.41, 5.74) is 9.55. The van der Waals surface area contributed by atoms with E-state index in [4.69, 9.17) is 5.73 Å². The lowest BCUT2D eigenvalue weighted by Gasteiger charge is -2.30. The molecule has 1 unspecified atom stereocenters. The Morgan fingerprint density at radius 2 is 2.16 bits per heavy atom. The number of nitrogens with one attached hydrogen (secondary N) is 2. The van der Waals surface area contributed by atoms with E-state index in [0.717, 1.165) is 28.0 Å². The first kappa shape index (κ1) is 15.4. The maximum absolute atomic E-state index is 6.53. The molecule has 4 rings (SSSR count). The number of hydrogen-bond acceptors (Lipinski definition) is 5. The quantitative estimate of drug-likeness (QED) is 0.685. The minimum atomic E-state index is -0.995. The second-order valence-corrected chi connectivity index (χ2v) is 6.12. The predicted molar refractivity (Wildman–Crippen MR) is 99.6 cm³/mol. The van der Waals surface area contributed by atoms with Gasteiger partial charge < -0.3 is 15.2 Å². The molecule has 0 aliphatic carbocycles. The number of aryl methyl sites for hydroxylation is 1. The summed E-state index contributed by atoms with van der Waals surface area (Å²) in [6.45, 7) is 0.595. The fourth-order valence-corrected chi connectivity index (χ4v) is 2.96.